The lowest BCUT2D eigenvalue weighted by atomic mass is 10.0. The van der Waals surface area contributed by atoms with E-state index >= 15 is 0 Å². The third kappa shape index (κ3) is 2.69. The Hall–Kier alpha value is -0.710. The van der Waals surface area contributed by atoms with Gasteiger partial charge in [-0.25, -0.2) is 4.98 Å². The average Bonchev–Trinajstić information content (AvgIpc) is 2.99. The average molecular weight is 306 g/mol. The molecule has 1 aliphatic carbocycles. The van der Waals surface area contributed by atoms with Crippen LogP contribution >= 0.6 is 22.7 Å². The van der Waals surface area contributed by atoms with E-state index in [0.717, 1.165) is 6.54 Å². The summed E-state index contributed by atoms with van der Waals surface area (Å²) in [6.45, 7) is 7.57. The van der Waals surface area contributed by atoms with E-state index in [4.69, 9.17) is 4.98 Å². The van der Waals surface area contributed by atoms with E-state index < -0.39 is 0 Å². The van der Waals surface area contributed by atoms with E-state index in [0.29, 0.717) is 0 Å². The smallest absolute Gasteiger partial charge is 0.115 e. The zero-order valence-corrected chi connectivity index (χ0v) is 14.1. The van der Waals surface area contributed by atoms with Crippen molar-refractivity contribution < 1.29 is 0 Å². The van der Waals surface area contributed by atoms with Crippen molar-refractivity contribution in [2.45, 2.75) is 52.5 Å². The topological polar surface area (TPSA) is 24.9 Å². The third-order valence-corrected chi connectivity index (χ3v) is 6.11. The van der Waals surface area contributed by atoms with Gasteiger partial charge in [-0.1, -0.05) is 6.92 Å². The standard InChI is InChI=1S/C16H22N2S2/c1-4-17-15(12-9-10(2)19-11(12)3)16-18-13-7-5-6-8-14(13)20-16/h9,15,17H,4-8H2,1-3H3. The van der Waals surface area contributed by atoms with Gasteiger partial charge in [0.25, 0.3) is 0 Å². The highest BCUT2D eigenvalue weighted by molar-refractivity contribution is 7.12. The van der Waals surface area contributed by atoms with Crippen LogP contribution in [0.3, 0.4) is 0 Å². The number of fused-ring (bicyclic) bond motifs is 1. The van der Waals surface area contributed by atoms with Crippen molar-refractivity contribution in [1.82, 2.24) is 10.3 Å². The molecule has 4 heteroatoms. The van der Waals surface area contributed by atoms with E-state index in [9.17, 15) is 0 Å². The van der Waals surface area contributed by atoms with E-state index in [2.05, 4.69) is 32.2 Å². The zero-order chi connectivity index (χ0) is 14.1. The summed E-state index contributed by atoms with van der Waals surface area (Å²) in [6.07, 6.45) is 5.04. The van der Waals surface area contributed by atoms with Gasteiger partial charge in [0, 0.05) is 14.6 Å². The summed E-state index contributed by atoms with van der Waals surface area (Å²) < 4.78 is 0. The second-order valence-electron chi connectivity index (χ2n) is 5.49. The van der Waals surface area contributed by atoms with Gasteiger partial charge in [0.1, 0.15) is 5.01 Å². The van der Waals surface area contributed by atoms with Crippen LogP contribution in [0.5, 0.6) is 0 Å². The van der Waals surface area contributed by atoms with E-state index in [1.807, 2.05) is 22.7 Å². The Morgan fingerprint density at radius 3 is 2.70 bits per heavy atom. The maximum atomic E-state index is 4.96. The largest absolute Gasteiger partial charge is 0.305 e. The summed E-state index contributed by atoms with van der Waals surface area (Å²) in [7, 11) is 0. The van der Waals surface area contributed by atoms with Crippen LogP contribution in [0, 0.1) is 13.8 Å². The third-order valence-electron chi connectivity index (χ3n) is 3.91. The van der Waals surface area contributed by atoms with Crippen molar-refractivity contribution in [3.05, 3.63) is 37.0 Å². The maximum absolute atomic E-state index is 4.96. The quantitative estimate of drug-likeness (QED) is 0.905. The first-order valence-electron chi connectivity index (χ1n) is 7.47. The fourth-order valence-corrected chi connectivity index (χ4v) is 5.18. The first-order chi connectivity index (χ1) is 9.69. The van der Waals surface area contributed by atoms with Crippen LogP contribution in [-0.2, 0) is 12.8 Å². The SMILES string of the molecule is CCNC(c1nc2c(s1)CCCC2)c1cc(C)sc1C. The van der Waals surface area contributed by atoms with Gasteiger partial charge < -0.3 is 5.32 Å². The Morgan fingerprint density at radius 2 is 2.05 bits per heavy atom. The van der Waals surface area contributed by atoms with Crippen LogP contribution in [0.2, 0.25) is 0 Å². The predicted molar refractivity (Wildman–Crippen MR) is 88.1 cm³/mol. The number of hydrogen-bond acceptors (Lipinski definition) is 4. The van der Waals surface area contributed by atoms with Gasteiger partial charge in [0.2, 0.25) is 0 Å². The van der Waals surface area contributed by atoms with Gasteiger partial charge in [0.05, 0.1) is 11.7 Å². The number of aryl methyl sites for hydroxylation is 4. The fraction of sp³-hybridized carbons (Fsp3) is 0.562. The molecule has 2 aromatic rings. The summed E-state index contributed by atoms with van der Waals surface area (Å²) >= 11 is 3.82. The van der Waals surface area contributed by atoms with Crippen LogP contribution in [0.25, 0.3) is 0 Å². The molecule has 1 unspecified atom stereocenters. The van der Waals surface area contributed by atoms with Gasteiger partial charge in [0.15, 0.2) is 0 Å². The summed E-state index contributed by atoms with van der Waals surface area (Å²) in [5.74, 6) is 0. The molecule has 0 spiro atoms. The molecule has 3 rings (SSSR count). The first-order valence-corrected chi connectivity index (χ1v) is 9.11. The maximum Gasteiger partial charge on any atom is 0.115 e. The lowest BCUT2D eigenvalue weighted by Gasteiger charge is -2.15. The molecule has 2 heterocycles. The molecule has 0 saturated carbocycles. The lowest BCUT2D eigenvalue weighted by molar-refractivity contribution is 0.620. The summed E-state index contributed by atoms with van der Waals surface area (Å²) in [4.78, 5) is 9.29. The van der Waals surface area contributed by atoms with Crippen molar-refractivity contribution in [1.29, 1.82) is 0 Å². The van der Waals surface area contributed by atoms with Crippen LogP contribution in [0.15, 0.2) is 6.07 Å². The summed E-state index contributed by atoms with van der Waals surface area (Å²) in [5.41, 5.74) is 2.78. The molecule has 0 bridgehead atoms. The monoisotopic (exact) mass is 306 g/mol. The molecule has 0 fully saturated rings. The second-order valence-corrected chi connectivity index (χ2v) is 8.06. The molecule has 1 aliphatic rings. The minimum absolute atomic E-state index is 0.278. The molecule has 0 radical (unpaired) electrons. The highest BCUT2D eigenvalue weighted by Crippen LogP contribution is 2.35. The molecule has 108 valence electrons. The molecule has 1 atom stereocenters. The number of thiophene rings is 1. The minimum atomic E-state index is 0.278. The van der Waals surface area contributed by atoms with Crippen LogP contribution < -0.4 is 5.32 Å². The molecule has 1 N–H and O–H groups in total. The number of nitrogens with one attached hydrogen (secondary N) is 1. The highest BCUT2D eigenvalue weighted by Gasteiger charge is 2.23. The number of nitrogens with zero attached hydrogens (tertiary/aromatic N) is 1. The Labute approximate surface area is 129 Å². The summed E-state index contributed by atoms with van der Waals surface area (Å²) in [5, 5.41) is 4.90. The molecule has 0 aliphatic heterocycles. The molecule has 0 amide bonds. The Morgan fingerprint density at radius 1 is 1.25 bits per heavy atom. The highest BCUT2D eigenvalue weighted by atomic mass is 32.1. The molecule has 2 aromatic heterocycles. The number of rotatable bonds is 4. The molecule has 0 aromatic carbocycles. The van der Waals surface area contributed by atoms with Gasteiger partial charge in [-0.2, -0.15) is 0 Å². The molecule has 20 heavy (non-hydrogen) atoms. The Balaban J connectivity index is 1.98. The molecule has 2 nitrogen and oxygen atoms in total. The molecular weight excluding hydrogens is 284 g/mol. The van der Waals surface area contributed by atoms with Crippen molar-refractivity contribution in [3.8, 4) is 0 Å². The van der Waals surface area contributed by atoms with Gasteiger partial charge >= 0.3 is 0 Å². The Kier molecular flexibility index (Phi) is 4.24. The van der Waals surface area contributed by atoms with E-state index in [1.54, 1.807) is 0 Å². The molecular formula is C16H22N2S2. The van der Waals surface area contributed by atoms with Gasteiger partial charge in [-0.15, -0.1) is 22.7 Å². The first kappa shape index (κ1) is 14.2. The van der Waals surface area contributed by atoms with Crippen LogP contribution in [0.1, 0.15) is 56.7 Å². The van der Waals surface area contributed by atoms with E-state index in [1.165, 1.54) is 56.6 Å². The fourth-order valence-electron chi connectivity index (χ4n) is 2.97. The minimum Gasteiger partial charge on any atom is -0.305 e. The predicted octanol–water partition coefficient (Wildman–Crippen LogP) is 4.40. The van der Waals surface area contributed by atoms with E-state index in [-0.39, 0.29) is 6.04 Å². The van der Waals surface area contributed by atoms with Gasteiger partial charge in [-0.3, -0.25) is 0 Å². The summed E-state index contributed by atoms with van der Waals surface area (Å²) in [6, 6.07) is 2.61. The normalized spacial score (nSPS) is 16.1. The second kappa shape index (κ2) is 5.96. The number of thiazole rings is 1. The van der Waals surface area contributed by atoms with Gasteiger partial charge in [-0.05, 0) is 57.7 Å². The van der Waals surface area contributed by atoms with Crippen LogP contribution in [0.4, 0.5) is 0 Å². The number of aromatic nitrogens is 1. The lowest BCUT2D eigenvalue weighted by Crippen LogP contribution is -2.22. The number of hydrogen-bond donors (Lipinski definition) is 1. The van der Waals surface area contributed by atoms with Crippen LogP contribution in [-0.4, -0.2) is 11.5 Å². The van der Waals surface area contributed by atoms with Crippen molar-refractivity contribution >= 4 is 22.7 Å². The molecule has 0 saturated heterocycles. The van der Waals surface area contributed by atoms with Crippen molar-refractivity contribution in [3.63, 3.8) is 0 Å². The van der Waals surface area contributed by atoms with Crippen molar-refractivity contribution in [2.75, 3.05) is 6.54 Å². The Bertz CT molecular complexity index is 574. The van der Waals surface area contributed by atoms with Crippen molar-refractivity contribution in [2.24, 2.45) is 0 Å². The zero-order valence-electron chi connectivity index (χ0n) is 12.5.